The number of benzene rings is 1. The van der Waals surface area contributed by atoms with Crippen molar-refractivity contribution in [2.24, 2.45) is 11.1 Å². The fraction of sp³-hybridized carbons (Fsp3) is 0.611. The highest BCUT2D eigenvalue weighted by molar-refractivity contribution is 5.93. The lowest BCUT2D eigenvalue weighted by molar-refractivity contribution is 0.1000. The molecule has 0 saturated heterocycles. The van der Waals surface area contributed by atoms with Crippen LogP contribution in [0.15, 0.2) is 18.2 Å². The lowest BCUT2D eigenvalue weighted by Gasteiger charge is -2.25. The Hall–Kier alpha value is -1.35. The van der Waals surface area contributed by atoms with Gasteiger partial charge in [0.15, 0.2) is 0 Å². The molecule has 1 aromatic carbocycles. The van der Waals surface area contributed by atoms with E-state index in [2.05, 4.69) is 26.1 Å². The maximum absolute atomic E-state index is 11.1. The van der Waals surface area contributed by atoms with Crippen molar-refractivity contribution < 1.29 is 4.79 Å². The highest BCUT2D eigenvalue weighted by Gasteiger charge is 2.16. The number of unbranched alkanes of at least 4 members (excludes halogenated alkanes) is 2. The SMILES string of the molecule is CCCCCC(C)(C)CNCc1ccc(C(N)=O)cc1C. The summed E-state index contributed by atoms with van der Waals surface area (Å²) in [7, 11) is 0. The van der Waals surface area contributed by atoms with Gasteiger partial charge in [0.2, 0.25) is 5.91 Å². The maximum atomic E-state index is 11.1. The molecular formula is C18H30N2O. The van der Waals surface area contributed by atoms with Gasteiger partial charge in [-0.2, -0.15) is 0 Å². The quantitative estimate of drug-likeness (QED) is 0.680. The zero-order chi connectivity index (χ0) is 15.9. The molecule has 0 unspecified atom stereocenters. The predicted molar refractivity (Wildman–Crippen MR) is 89.3 cm³/mol. The van der Waals surface area contributed by atoms with Crippen molar-refractivity contribution in [2.45, 2.75) is 59.9 Å². The fourth-order valence-electron chi connectivity index (χ4n) is 2.52. The molecule has 0 heterocycles. The molecular weight excluding hydrogens is 260 g/mol. The standard InChI is InChI=1S/C18H30N2O/c1-5-6-7-10-18(3,4)13-20-12-16-9-8-15(17(19)21)11-14(16)2/h8-9,11,20H,5-7,10,12-13H2,1-4H3,(H2,19,21). The third-order valence-corrected chi connectivity index (χ3v) is 4.00. The molecule has 0 atom stereocenters. The Kier molecular flexibility index (Phi) is 6.90. The number of nitrogens with one attached hydrogen (secondary N) is 1. The van der Waals surface area contributed by atoms with Crippen LogP contribution in [0.3, 0.4) is 0 Å². The molecule has 0 fully saturated rings. The molecule has 0 spiro atoms. The molecule has 1 rings (SSSR count). The Morgan fingerprint density at radius 1 is 1.29 bits per heavy atom. The molecule has 0 saturated carbocycles. The smallest absolute Gasteiger partial charge is 0.248 e. The topological polar surface area (TPSA) is 55.1 Å². The van der Waals surface area contributed by atoms with E-state index in [0.717, 1.165) is 18.7 Å². The number of hydrogen-bond donors (Lipinski definition) is 2. The third-order valence-electron chi connectivity index (χ3n) is 4.00. The normalized spacial score (nSPS) is 11.6. The number of nitrogens with two attached hydrogens (primary N) is 1. The van der Waals surface area contributed by atoms with E-state index in [1.165, 1.54) is 31.2 Å². The molecule has 0 aromatic heterocycles. The van der Waals surface area contributed by atoms with E-state index in [-0.39, 0.29) is 5.91 Å². The number of amides is 1. The van der Waals surface area contributed by atoms with Crippen molar-refractivity contribution in [3.8, 4) is 0 Å². The average Bonchev–Trinajstić information content (AvgIpc) is 2.40. The van der Waals surface area contributed by atoms with Crippen LogP contribution in [0, 0.1) is 12.3 Å². The second-order valence-electron chi connectivity index (χ2n) is 6.73. The van der Waals surface area contributed by atoms with Gasteiger partial charge in [-0.25, -0.2) is 0 Å². The molecule has 118 valence electrons. The minimum atomic E-state index is -0.366. The van der Waals surface area contributed by atoms with E-state index in [1.807, 2.05) is 19.1 Å². The number of hydrogen-bond acceptors (Lipinski definition) is 2. The Balaban J connectivity index is 2.46. The van der Waals surface area contributed by atoms with Crippen molar-refractivity contribution in [2.75, 3.05) is 6.54 Å². The van der Waals surface area contributed by atoms with Crippen molar-refractivity contribution in [3.63, 3.8) is 0 Å². The van der Waals surface area contributed by atoms with Crippen molar-refractivity contribution in [1.29, 1.82) is 0 Å². The first-order valence-corrected chi connectivity index (χ1v) is 7.96. The summed E-state index contributed by atoms with van der Waals surface area (Å²) in [5, 5.41) is 3.54. The number of carbonyl (C=O) groups excluding carboxylic acids is 1. The van der Waals surface area contributed by atoms with E-state index >= 15 is 0 Å². The monoisotopic (exact) mass is 290 g/mol. The van der Waals surface area contributed by atoms with Gasteiger partial charge in [0.25, 0.3) is 0 Å². The van der Waals surface area contributed by atoms with Gasteiger partial charge in [-0.1, -0.05) is 46.1 Å². The number of carbonyl (C=O) groups is 1. The maximum Gasteiger partial charge on any atom is 0.248 e. The summed E-state index contributed by atoms with van der Waals surface area (Å²) in [6.07, 6.45) is 5.15. The van der Waals surface area contributed by atoms with Gasteiger partial charge in [-0.05, 0) is 42.0 Å². The number of primary amides is 1. The Bertz CT molecular complexity index is 466. The summed E-state index contributed by atoms with van der Waals surface area (Å²) in [4.78, 5) is 11.1. The summed E-state index contributed by atoms with van der Waals surface area (Å²) < 4.78 is 0. The molecule has 0 aliphatic carbocycles. The lowest BCUT2D eigenvalue weighted by atomic mass is 9.87. The second-order valence-corrected chi connectivity index (χ2v) is 6.73. The summed E-state index contributed by atoms with van der Waals surface area (Å²) in [5.41, 5.74) is 8.54. The largest absolute Gasteiger partial charge is 0.366 e. The summed E-state index contributed by atoms with van der Waals surface area (Å²) in [6.45, 7) is 10.7. The second kappa shape index (κ2) is 8.18. The van der Waals surface area contributed by atoms with Gasteiger partial charge in [0.1, 0.15) is 0 Å². The molecule has 1 amide bonds. The molecule has 3 heteroatoms. The highest BCUT2D eigenvalue weighted by atomic mass is 16.1. The third kappa shape index (κ3) is 6.30. The van der Waals surface area contributed by atoms with Crippen LogP contribution in [0.4, 0.5) is 0 Å². The van der Waals surface area contributed by atoms with Crippen LogP contribution in [0.5, 0.6) is 0 Å². The van der Waals surface area contributed by atoms with E-state index in [4.69, 9.17) is 5.73 Å². The van der Waals surface area contributed by atoms with Crippen molar-refractivity contribution >= 4 is 5.91 Å². The van der Waals surface area contributed by atoms with Crippen LogP contribution in [0.25, 0.3) is 0 Å². The molecule has 3 nitrogen and oxygen atoms in total. The van der Waals surface area contributed by atoms with Gasteiger partial charge < -0.3 is 11.1 Å². The van der Waals surface area contributed by atoms with Crippen LogP contribution < -0.4 is 11.1 Å². The molecule has 3 N–H and O–H groups in total. The van der Waals surface area contributed by atoms with Crippen LogP contribution >= 0.6 is 0 Å². The van der Waals surface area contributed by atoms with Crippen LogP contribution in [-0.4, -0.2) is 12.5 Å². The van der Waals surface area contributed by atoms with Crippen molar-refractivity contribution in [1.82, 2.24) is 5.32 Å². The Morgan fingerprint density at radius 3 is 2.57 bits per heavy atom. The number of rotatable bonds is 9. The molecule has 1 aromatic rings. The Labute approximate surface area is 129 Å². The van der Waals surface area contributed by atoms with Crippen LogP contribution in [-0.2, 0) is 6.54 Å². The summed E-state index contributed by atoms with van der Waals surface area (Å²) >= 11 is 0. The molecule has 0 aliphatic rings. The predicted octanol–water partition coefficient (Wildman–Crippen LogP) is 3.79. The first-order chi connectivity index (χ1) is 9.85. The molecule has 21 heavy (non-hydrogen) atoms. The van der Waals surface area contributed by atoms with E-state index < -0.39 is 0 Å². The van der Waals surface area contributed by atoms with Gasteiger partial charge in [-0.15, -0.1) is 0 Å². The molecule has 0 radical (unpaired) electrons. The van der Waals surface area contributed by atoms with Crippen LogP contribution in [0.1, 0.15) is 67.9 Å². The van der Waals surface area contributed by atoms with Crippen LogP contribution in [0.2, 0.25) is 0 Å². The molecule has 0 bridgehead atoms. The van der Waals surface area contributed by atoms with E-state index in [0.29, 0.717) is 11.0 Å². The number of aryl methyl sites for hydroxylation is 1. The van der Waals surface area contributed by atoms with Gasteiger partial charge >= 0.3 is 0 Å². The van der Waals surface area contributed by atoms with E-state index in [9.17, 15) is 4.79 Å². The fourth-order valence-corrected chi connectivity index (χ4v) is 2.52. The summed E-state index contributed by atoms with van der Waals surface area (Å²) in [5.74, 6) is -0.366. The minimum Gasteiger partial charge on any atom is -0.366 e. The van der Waals surface area contributed by atoms with E-state index in [1.54, 1.807) is 6.07 Å². The highest BCUT2D eigenvalue weighted by Crippen LogP contribution is 2.23. The van der Waals surface area contributed by atoms with Gasteiger partial charge in [0.05, 0.1) is 0 Å². The Morgan fingerprint density at radius 2 is 2.00 bits per heavy atom. The lowest BCUT2D eigenvalue weighted by Crippen LogP contribution is -2.29. The zero-order valence-electron chi connectivity index (χ0n) is 14.0. The minimum absolute atomic E-state index is 0.330. The van der Waals surface area contributed by atoms with Gasteiger partial charge in [0, 0.05) is 18.7 Å². The van der Waals surface area contributed by atoms with Gasteiger partial charge in [-0.3, -0.25) is 4.79 Å². The first kappa shape index (κ1) is 17.7. The van der Waals surface area contributed by atoms with Crippen molar-refractivity contribution in [3.05, 3.63) is 34.9 Å². The molecule has 0 aliphatic heterocycles. The summed E-state index contributed by atoms with van der Waals surface area (Å²) in [6, 6.07) is 5.66. The first-order valence-electron chi connectivity index (χ1n) is 7.96. The average molecular weight is 290 g/mol. The zero-order valence-corrected chi connectivity index (χ0v) is 14.0.